The highest BCUT2D eigenvalue weighted by molar-refractivity contribution is 6.99. The number of nitrogen functional groups attached to an aromatic ring is 1. The van der Waals surface area contributed by atoms with Crippen molar-refractivity contribution in [2.45, 2.75) is 32.2 Å². The highest BCUT2D eigenvalue weighted by atomic mass is 28.4. The molecule has 0 saturated heterocycles. The van der Waals surface area contributed by atoms with E-state index in [1.165, 1.54) is 10.4 Å². The van der Waals surface area contributed by atoms with E-state index in [1.54, 1.807) is 0 Å². The molecular formula is C24H28N4O2Si. The van der Waals surface area contributed by atoms with Gasteiger partial charge in [0.25, 0.3) is 13.9 Å². The van der Waals surface area contributed by atoms with E-state index in [0.717, 1.165) is 5.56 Å². The van der Waals surface area contributed by atoms with Crippen LogP contribution in [0.5, 0.6) is 0 Å². The third-order valence-electron chi connectivity index (χ3n) is 5.75. The quantitative estimate of drug-likeness (QED) is 0.408. The fourth-order valence-corrected chi connectivity index (χ4v) is 8.96. The summed E-state index contributed by atoms with van der Waals surface area (Å²) in [6, 6.07) is 21.1. The molecule has 2 aromatic heterocycles. The number of nitrogens with two attached hydrogens (primary N) is 1. The van der Waals surface area contributed by atoms with Crippen molar-refractivity contribution in [2.75, 3.05) is 12.3 Å². The van der Waals surface area contributed by atoms with Crippen molar-refractivity contribution in [3.05, 3.63) is 82.8 Å². The van der Waals surface area contributed by atoms with E-state index in [4.69, 9.17) is 10.2 Å². The molecule has 0 radical (unpaired) electrons. The third kappa shape index (κ3) is 3.82. The normalized spacial score (nSPS) is 12.4. The largest absolute Gasteiger partial charge is 0.407 e. The van der Waals surface area contributed by atoms with Gasteiger partial charge in [-0.15, -0.1) is 0 Å². The molecule has 6 nitrogen and oxygen atoms in total. The summed E-state index contributed by atoms with van der Waals surface area (Å²) in [6.45, 7) is 7.25. The molecule has 0 aliphatic heterocycles. The van der Waals surface area contributed by atoms with Gasteiger partial charge in [-0.25, -0.2) is 0 Å². The molecule has 2 heterocycles. The molecular weight excluding hydrogens is 404 g/mol. The fourth-order valence-electron chi connectivity index (χ4n) is 4.39. The Hall–Kier alpha value is -3.16. The van der Waals surface area contributed by atoms with Gasteiger partial charge < -0.3 is 15.1 Å². The number of nitrogens with one attached hydrogen (secondary N) is 2. The van der Waals surface area contributed by atoms with Crippen molar-refractivity contribution in [2.24, 2.45) is 0 Å². The Labute approximate surface area is 182 Å². The van der Waals surface area contributed by atoms with Crippen LogP contribution in [0.4, 0.5) is 5.95 Å². The third-order valence-corrected chi connectivity index (χ3v) is 10.8. The highest BCUT2D eigenvalue weighted by Gasteiger charge is 2.49. The van der Waals surface area contributed by atoms with Crippen LogP contribution >= 0.6 is 0 Å². The van der Waals surface area contributed by atoms with Gasteiger partial charge in [0.15, 0.2) is 0 Å². The molecule has 0 aliphatic carbocycles. The zero-order chi connectivity index (χ0) is 22.1. The van der Waals surface area contributed by atoms with E-state index >= 15 is 0 Å². The molecule has 7 heteroatoms. The van der Waals surface area contributed by atoms with Gasteiger partial charge in [-0.2, -0.15) is 4.98 Å². The summed E-state index contributed by atoms with van der Waals surface area (Å²) in [6.07, 6.45) is 2.42. The Kier molecular flexibility index (Phi) is 5.55. The van der Waals surface area contributed by atoms with Gasteiger partial charge >= 0.3 is 0 Å². The standard InChI is InChI=1S/C24H28N4O2Si/c1-24(2,3)31(18-10-6-4-7-11-18,19-12-8-5-9-13-19)30-15-14-17-16-26-21-20(17)22(29)28-23(25)27-21/h4-13,16H,14-15H2,1-3H3,(H4,25,26,27,28,29). The lowest BCUT2D eigenvalue weighted by Gasteiger charge is -2.43. The summed E-state index contributed by atoms with van der Waals surface area (Å²) in [4.78, 5) is 22.2. The molecule has 0 atom stereocenters. The number of aromatic amines is 2. The minimum atomic E-state index is -2.60. The van der Waals surface area contributed by atoms with E-state index in [9.17, 15) is 4.79 Å². The first-order valence-corrected chi connectivity index (χ1v) is 12.3. The maximum Gasteiger partial charge on any atom is 0.262 e. The van der Waals surface area contributed by atoms with Crippen LogP contribution in [0.15, 0.2) is 71.7 Å². The molecule has 2 aromatic carbocycles. The van der Waals surface area contributed by atoms with Crippen LogP contribution in [0.25, 0.3) is 11.0 Å². The van der Waals surface area contributed by atoms with Crippen LogP contribution in [0.3, 0.4) is 0 Å². The number of rotatable bonds is 6. The summed E-state index contributed by atoms with van der Waals surface area (Å²) in [5, 5.41) is 2.92. The molecule has 31 heavy (non-hydrogen) atoms. The Morgan fingerprint density at radius 3 is 2.13 bits per heavy atom. The summed E-state index contributed by atoms with van der Waals surface area (Å²) in [7, 11) is -2.60. The molecule has 4 aromatic rings. The van der Waals surface area contributed by atoms with Gasteiger partial charge in [-0.3, -0.25) is 9.78 Å². The Bertz CT molecular complexity index is 1190. The number of nitrogens with zero attached hydrogens (tertiary/aromatic N) is 1. The molecule has 0 fully saturated rings. The van der Waals surface area contributed by atoms with E-state index in [-0.39, 0.29) is 16.5 Å². The molecule has 0 spiro atoms. The Morgan fingerprint density at radius 2 is 1.58 bits per heavy atom. The van der Waals surface area contributed by atoms with Gasteiger partial charge in [0.2, 0.25) is 5.95 Å². The zero-order valence-electron chi connectivity index (χ0n) is 18.1. The van der Waals surface area contributed by atoms with E-state index in [1.807, 2.05) is 18.3 Å². The first-order chi connectivity index (χ1) is 14.8. The number of H-pyrrole nitrogens is 2. The minimum Gasteiger partial charge on any atom is -0.407 e. The zero-order valence-corrected chi connectivity index (χ0v) is 19.1. The fraction of sp³-hybridized carbons (Fsp3) is 0.250. The second-order valence-corrected chi connectivity index (χ2v) is 13.1. The maximum atomic E-state index is 12.4. The molecule has 0 amide bonds. The average molecular weight is 433 g/mol. The van der Waals surface area contributed by atoms with Crippen molar-refractivity contribution in [3.8, 4) is 0 Å². The lowest BCUT2D eigenvalue weighted by atomic mass is 10.2. The summed E-state index contributed by atoms with van der Waals surface area (Å²) in [5.41, 5.74) is 6.81. The summed E-state index contributed by atoms with van der Waals surface area (Å²) < 4.78 is 6.92. The van der Waals surface area contributed by atoms with Crippen molar-refractivity contribution < 1.29 is 4.43 Å². The minimum absolute atomic E-state index is 0.0938. The van der Waals surface area contributed by atoms with E-state index in [0.29, 0.717) is 24.1 Å². The molecule has 4 N–H and O–H groups in total. The molecule has 0 saturated carbocycles. The number of hydrogen-bond acceptors (Lipinski definition) is 4. The molecule has 160 valence electrons. The molecule has 0 aliphatic rings. The Morgan fingerprint density at radius 1 is 1.00 bits per heavy atom. The predicted octanol–water partition coefficient (Wildman–Crippen LogP) is 2.95. The van der Waals surface area contributed by atoms with Crippen LogP contribution in [0.2, 0.25) is 5.04 Å². The van der Waals surface area contributed by atoms with Gasteiger partial charge in [0, 0.05) is 12.8 Å². The van der Waals surface area contributed by atoms with Crippen molar-refractivity contribution >= 4 is 35.7 Å². The Balaban J connectivity index is 1.72. The van der Waals surface area contributed by atoms with Crippen molar-refractivity contribution in [3.63, 3.8) is 0 Å². The maximum absolute atomic E-state index is 12.4. The molecule has 4 rings (SSSR count). The van der Waals surface area contributed by atoms with Gasteiger partial charge in [-0.05, 0) is 27.4 Å². The van der Waals surface area contributed by atoms with E-state index < -0.39 is 8.32 Å². The number of anilines is 1. The van der Waals surface area contributed by atoms with Crippen LogP contribution in [-0.4, -0.2) is 29.9 Å². The lowest BCUT2D eigenvalue weighted by Crippen LogP contribution is -2.66. The van der Waals surface area contributed by atoms with E-state index in [2.05, 4.69) is 84.3 Å². The number of benzene rings is 2. The number of aromatic nitrogens is 3. The topological polar surface area (TPSA) is 96.8 Å². The first-order valence-electron chi connectivity index (χ1n) is 10.4. The van der Waals surface area contributed by atoms with Crippen molar-refractivity contribution in [1.29, 1.82) is 0 Å². The number of hydrogen-bond donors (Lipinski definition) is 3. The number of fused-ring (bicyclic) bond motifs is 1. The SMILES string of the molecule is CC(C)(C)[Si](OCCc1c[nH]c2nc(N)[nH]c(=O)c12)(c1ccccc1)c1ccccc1. The first kappa shape index (κ1) is 21.1. The average Bonchev–Trinajstić information content (AvgIpc) is 3.14. The lowest BCUT2D eigenvalue weighted by molar-refractivity contribution is 0.302. The smallest absolute Gasteiger partial charge is 0.262 e. The van der Waals surface area contributed by atoms with Crippen LogP contribution in [-0.2, 0) is 10.8 Å². The molecule has 0 unspecified atom stereocenters. The van der Waals surface area contributed by atoms with Gasteiger partial charge in [-0.1, -0.05) is 81.4 Å². The van der Waals surface area contributed by atoms with Gasteiger partial charge in [0.1, 0.15) is 5.65 Å². The highest BCUT2D eigenvalue weighted by Crippen LogP contribution is 2.36. The predicted molar refractivity (Wildman–Crippen MR) is 128 cm³/mol. The second kappa shape index (κ2) is 8.17. The second-order valence-electron chi connectivity index (χ2n) is 8.75. The van der Waals surface area contributed by atoms with Crippen molar-refractivity contribution in [1.82, 2.24) is 15.0 Å². The summed E-state index contributed by atoms with van der Waals surface area (Å²) >= 11 is 0. The van der Waals surface area contributed by atoms with Crippen LogP contribution in [0.1, 0.15) is 26.3 Å². The monoisotopic (exact) mass is 432 g/mol. The van der Waals surface area contributed by atoms with Gasteiger partial charge in [0.05, 0.1) is 5.39 Å². The summed E-state index contributed by atoms with van der Waals surface area (Å²) in [5.74, 6) is 0.106. The van der Waals surface area contributed by atoms with Crippen LogP contribution < -0.4 is 21.7 Å². The van der Waals surface area contributed by atoms with Crippen LogP contribution in [0, 0.1) is 0 Å². The molecule has 0 bridgehead atoms.